The van der Waals surface area contributed by atoms with Crippen LogP contribution in [0.4, 0.5) is 0 Å². The average Bonchev–Trinajstić information content (AvgIpc) is 2.62. The molecular weight excluding hydrogens is 316 g/mol. The minimum atomic E-state index is -0.157. The van der Waals surface area contributed by atoms with Gasteiger partial charge in [0.1, 0.15) is 11.5 Å². The van der Waals surface area contributed by atoms with E-state index in [0.29, 0.717) is 17.2 Å². The zero-order valence-corrected chi connectivity index (χ0v) is 15.3. The van der Waals surface area contributed by atoms with E-state index in [-0.39, 0.29) is 12.3 Å². The fraction of sp³-hybridized carbons (Fsp3) is 0.300. The smallest absolute Gasteiger partial charge is 0.244 e. The summed E-state index contributed by atoms with van der Waals surface area (Å²) in [6.45, 7) is 5.91. The number of rotatable bonds is 6. The van der Waals surface area contributed by atoms with Gasteiger partial charge in [0.2, 0.25) is 5.91 Å². The molecule has 0 saturated heterocycles. The van der Waals surface area contributed by atoms with Crippen LogP contribution < -0.4 is 14.9 Å². The van der Waals surface area contributed by atoms with Crippen LogP contribution in [0.3, 0.4) is 0 Å². The van der Waals surface area contributed by atoms with Gasteiger partial charge in [-0.1, -0.05) is 18.2 Å². The van der Waals surface area contributed by atoms with E-state index in [1.54, 1.807) is 20.3 Å². The molecule has 2 rings (SSSR count). The van der Waals surface area contributed by atoms with Crippen LogP contribution >= 0.6 is 0 Å². The van der Waals surface area contributed by atoms with Gasteiger partial charge in [0.05, 0.1) is 26.4 Å². The molecule has 25 heavy (non-hydrogen) atoms. The maximum Gasteiger partial charge on any atom is 0.244 e. The van der Waals surface area contributed by atoms with E-state index in [4.69, 9.17) is 9.47 Å². The second kappa shape index (κ2) is 8.33. The largest absolute Gasteiger partial charge is 0.497 e. The first-order valence-electron chi connectivity index (χ1n) is 8.06. The molecule has 5 nitrogen and oxygen atoms in total. The van der Waals surface area contributed by atoms with Crippen LogP contribution in [-0.2, 0) is 11.2 Å². The number of ether oxygens (including phenoxy) is 2. The standard InChI is InChI=1S/C20H24N2O3/c1-13-6-7-16(10-14(13)2)11-20(23)22-21-15(3)18-9-8-17(24-4)12-19(18)25-5/h6-10,12H,11H2,1-5H3,(H,22,23)/b21-15-. The fourth-order valence-electron chi connectivity index (χ4n) is 2.44. The normalized spacial score (nSPS) is 11.2. The lowest BCUT2D eigenvalue weighted by Gasteiger charge is -2.10. The summed E-state index contributed by atoms with van der Waals surface area (Å²) >= 11 is 0. The number of benzene rings is 2. The molecule has 0 aliphatic heterocycles. The van der Waals surface area contributed by atoms with Crippen molar-refractivity contribution in [2.24, 2.45) is 5.10 Å². The predicted octanol–water partition coefficient (Wildman–Crippen LogP) is 3.40. The van der Waals surface area contributed by atoms with Gasteiger partial charge in [-0.05, 0) is 49.6 Å². The summed E-state index contributed by atoms with van der Waals surface area (Å²) in [6, 6.07) is 11.5. The van der Waals surface area contributed by atoms with E-state index in [0.717, 1.165) is 11.1 Å². The van der Waals surface area contributed by atoms with Crippen LogP contribution in [0.5, 0.6) is 11.5 Å². The summed E-state index contributed by atoms with van der Waals surface area (Å²) in [5, 5.41) is 4.19. The lowest BCUT2D eigenvalue weighted by Crippen LogP contribution is -2.21. The number of nitrogens with zero attached hydrogens (tertiary/aromatic N) is 1. The Labute approximate surface area is 148 Å². The Balaban J connectivity index is 2.07. The maximum atomic E-state index is 12.1. The van der Waals surface area contributed by atoms with Crippen molar-refractivity contribution < 1.29 is 14.3 Å². The Bertz CT molecular complexity index is 798. The second-order valence-electron chi connectivity index (χ2n) is 5.89. The van der Waals surface area contributed by atoms with Gasteiger partial charge in [0.25, 0.3) is 0 Å². The van der Waals surface area contributed by atoms with Crippen LogP contribution in [0.15, 0.2) is 41.5 Å². The molecule has 0 spiro atoms. The number of amides is 1. The summed E-state index contributed by atoms with van der Waals surface area (Å²) < 4.78 is 10.5. The van der Waals surface area contributed by atoms with Gasteiger partial charge in [0, 0.05) is 11.6 Å². The van der Waals surface area contributed by atoms with E-state index >= 15 is 0 Å². The van der Waals surface area contributed by atoms with Crippen LogP contribution in [0.25, 0.3) is 0 Å². The molecule has 0 bridgehead atoms. The number of hydrazone groups is 1. The van der Waals surface area contributed by atoms with Gasteiger partial charge in [0.15, 0.2) is 0 Å². The summed E-state index contributed by atoms with van der Waals surface area (Å²) in [5.41, 5.74) is 7.42. The number of hydrogen-bond acceptors (Lipinski definition) is 4. The van der Waals surface area contributed by atoms with E-state index in [1.807, 2.05) is 44.2 Å². The highest BCUT2D eigenvalue weighted by molar-refractivity contribution is 6.01. The second-order valence-corrected chi connectivity index (χ2v) is 5.89. The summed E-state index contributed by atoms with van der Waals surface area (Å²) in [6.07, 6.45) is 0.289. The van der Waals surface area contributed by atoms with Crippen molar-refractivity contribution in [1.29, 1.82) is 0 Å². The zero-order valence-electron chi connectivity index (χ0n) is 15.3. The van der Waals surface area contributed by atoms with Crippen LogP contribution in [0.1, 0.15) is 29.2 Å². The molecule has 5 heteroatoms. The van der Waals surface area contributed by atoms with Gasteiger partial charge >= 0.3 is 0 Å². The highest BCUT2D eigenvalue weighted by atomic mass is 16.5. The van der Waals surface area contributed by atoms with Crippen molar-refractivity contribution in [3.8, 4) is 11.5 Å². The van der Waals surface area contributed by atoms with E-state index in [9.17, 15) is 4.79 Å². The molecule has 0 saturated carbocycles. The monoisotopic (exact) mass is 340 g/mol. The zero-order chi connectivity index (χ0) is 18.4. The molecule has 0 aromatic heterocycles. The van der Waals surface area contributed by atoms with Gasteiger partial charge < -0.3 is 9.47 Å². The number of carbonyl (C=O) groups is 1. The molecule has 0 radical (unpaired) electrons. The van der Waals surface area contributed by atoms with Crippen molar-refractivity contribution >= 4 is 11.6 Å². The first-order valence-corrected chi connectivity index (χ1v) is 8.06. The lowest BCUT2D eigenvalue weighted by molar-refractivity contribution is -0.120. The van der Waals surface area contributed by atoms with Crippen molar-refractivity contribution in [3.05, 3.63) is 58.7 Å². The van der Waals surface area contributed by atoms with Crippen LogP contribution in [0.2, 0.25) is 0 Å². The average molecular weight is 340 g/mol. The highest BCUT2D eigenvalue weighted by Gasteiger charge is 2.09. The lowest BCUT2D eigenvalue weighted by atomic mass is 10.0. The SMILES string of the molecule is COc1ccc(/C(C)=N\NC(=O)Cc2ccc(C)c(C)c2)c(OC)c1. The first kappa shape index (κ1) is 18.5. The summed E-state index contributed by atoms with van der Waals surface area (Å²) in [4.78, 5) is 12.1. The molecule has 0 fully saturated rings. The van der Waals surface area contributed by atoms with Gasteiger partial charge in [-0.3, -0.25) is 4.79 Å². The van der Waals surface area contributed by atoms with Crippen molar-refractivity contribution in [3.63, 3.8) is 0 Å². The van der Waals surface area contributed by atoms with Crippen LogP contribution in [-0.4, -0.2) is 25.8 Å². The predicted molar refractivity (Wildman–Crippen MR) is 99.5 cm³/mol. The fourth-order valence-corrected chi connectivity index (χ4v) is 2.44. The minimum absolute atomic E-state index is 0.157. The Morgan fingerprint density at radius 3 is 2.44 bits per heavy atom. The molecule has 132 valence electrons. The van der Waals surface area contributed by atoms with E-state index in [1.165, 1.54) is 11.1 Å². The number of methoxy groups -OCH3 is 2. The van der Waals surface area contributed by atoms with Crippen molar-refractivity contribution in [1.82, 2.24) is 5.43 Å². The number of carbonyl (C=O) groups excluding carboxylic acids is 1. The Morgan fingerprint density at radius 2 is 1.80 bits per heavy atom. The third-order valence-corrected chi connectivity index (χ3v) is 4.08. The molecule has 2 aromatic carbocycles. The molecule has 1 amide bonds. The molecule has 0 aliphatic carbocycles. The van der Waals surface area contributed by atoms with Gasteiger partial charge in [-0.15, -0.1) is 0 Å². The number of nitrogens with one attached hydrogen (secondary N) is 1. The Hall–Kier alpha value is -2.82. The molecule has 0 aliphatic rings. The highest BCUT2D eigenvalue weighted by Crippen LogP contribution is 2.25. The summed E-state index contributed by atoms with van der Waals surface area (Å²) in [5.74, 6) is 1.19. The minimum Gasteiger partial charge on any atom is -0.497 e. The molecule has 0 atom stereocenters. The van der Waals surface area contributed by atoms with Gasteiger partial charge in [-0.2, -0.15) is 5.10 Å². The first-order chi connectivity index (χ1) is 11.9. The third kappa shape index (κ3) is 4.83. The molecule has 0 heterocycles. The van der Waals surface area contributed by atoms with E-state index in [2.05, 4.69) is 17.5 Å². The molecular formula is C20H24N2O3. The molecule has 1 N–H and O–H groups in total. The Morgan fingerprint density at radius 1 is 1.04 bits per heavy atom. The quantitative estimate of drug-likeness (QED) is 0.647. The Kier molecular flexibility index (Phi) is 6.17. The molecule has 0 unspecified atom stereocenters. The third-order valence-electron chi connectivity index (χ3n) is 4.08. The number of hydrogen-bond donors (Lipinski definition) is 1. The topological polar surface area (TPSA) is 59.9 Å². The van der Waals surface area contributed by atoms with Crippen LogP contribution in [0, 0.1) is 13.8 Å². The number of aryl methyl sites for hydroxylation is 2. The van der Waals surface area contributed by atoms with Crippen molar-refractivity contribution in [2.45, 2.75) is 27.2 Å². The summed E-state index contributed by atoms with van der Waals surface area (Å²) in [7, 11) is 3.19. The molecule has 2 aromatic rings. The van der Waals surface area contributed by atoms with E-state index < -0.39 is 0 Å². The van der Waals surface area contributed by atoms with Crippen molar-refractivity contribution in [2.75, 3.05) is 14.2 Å². The van der Waals surface area contributed by atoms with Gasteiger partial charge in [-0.25, -0.2) is 5.43 Å². The maximum absolute atomic E-state index is 12.1.